The van der Waals surface area contributed by atoms with Gasteiger partial charge in [0.1, 0.15) is 5.54 Å². The molecule has 0 atom stereocenters. The van der Waals surface area contributed by atoms with Crippen LogP contribution in [0.3, 0.4) is 0 Å². The summed E-state index contributed by atoms with van der Waals surface area (Å²) in [6, 6.07) is 8.03. The van der Waals surface area contributed by atoms with Crippen molar-refractivity contribution in [3.05, 3.63) is 30.5 Å². The van der Waals surface area contributed by atoms with Crippen molar-refractivity contribution in [3.8, 4) is 0 Å². The summed E-state index contributed by atoms with van der Waals surface area (Å²) in [5.41, 5.74) is 2.36. The summed E-state index contributed by atoms with van der Waals surface area (Å²) in [5.74, 6) is 0.0922. The fourth-order valence-corrected chi connectivity index (χ4v) is 3.24. The van der Waals surface area contributed by atoms with Gasteiger partial charge in [-0.2, -0.15) is 0 Å². The van der Waals surface area contributed by atoms with Crippen molar-refractivity contribution >= 4 is 28.2 Å². The summed E-state index contributed by atoms with van der Waals surface area (Å²) in [7, 11) is 0. The van der Waals surface area contributed by atoms with Gasteiger partial charge >= 0.3 is 0 Å². The van der Waals surface area contributed by atoms with Gasteiger partial charge in [-0.05, 0) is 18.9 Å². The van der Waals surface area contributed by atoms with Crippen LogP contribution in [-0.2, 0) is 4.79 Å². The lowest BCUT2D eigenvalue weighted by Gasteiger charge is -2.36. The SMILES string of the molecule is O=C1Nc2cnc3ccccc3c2NC12CCCC2. The quantitative estimate of drug-likeness (QED) is 0.759. The van der Waals surface area contributed by atoms with E-state index < -0.39 is 5.54 Å². The first-order chi connectivity index (χ1) is 9.28. The molecule has 0 radical (unpaired) electrons. The van der Waals surface area contributed by atoms with E-state index in [2.05, 4.69) is 15.6 Å². The standard InChI is InChI=1S/C15H15N3O/c19-14-15(7-3-4-8-15)18-13-10-5-1-2-6-11(10)16-9-12(13)17-14/h1-2,5-6,9,18H,3-4,7-8H2,(H,17,19). The molecule has 1 fully saturated rings. The average Bonchev–Trinajstić information content (AvgIpc) is 2.90. The van der Waals surface area contributed by atoms with Gasteiger partial charge in [-0.3, -0.25) is 9.78 Å². The molecule has 4 heteroatoms. The van der Waals surface area contributed by atoms with Crippen LogP contribution < -0.4 is 10.6 Å². The molecular weight excluding hydrogens is 238 g/mol. The molecule has 1 saturated carbocycles. The van der Waals surface area contributed by atoms with Gasteiger partial charge in [-0.25, -0.2) is 0 Å². The number of hydrogen-bond donors (Lipinski definition) is 2. The minimum Gasteiger partial charge on any atom is -0.369 e. The minimum absolute atomic E-state index is 0.0922. The summed E-state index contributed by atoms with van der Waals surface area (Å²) < 4.78 is 0. The largest absolute Gasteiger partial charge is 0.369 e. The molecule has 2 aliphatic rings. The molecule has 4 nitrogen and oxygen atoms in total. The predicted molar refractivity (Wildman–Crippen MR) is 75.2 cm³/mol. The Morgan fingerprint density at radius 2 is 1.95 bits per heavy atom. The Morgan fingerprint density at radius 1 is 1.16 bits per heavy atom. The van der Waals surface area contributed by atoms with Crippen LogP contribution in [0.15, 0.2) is 30.5 Å². The maximum absolute atomic E-state index is 12.3. The van der Waals surface area contributed by atoms with E-state index >= 15 is 0 Å². The molecule has 1 aromatic heterocycles. The van der Waals surface area contributed by atoms with E-state index in [1.54, 1.807) is 6.20 Å². The molecule has 2 N–H and O–H groups in total. The second kappa shape index (κ2) is 3.70. The number of nitrogens with one attached hydrogen (secondary N) is 2. The highest BCUT2D eigenvalue weighted by molar-refractivity contribution is 6.11. The highest BCUT2D eigenvalue weighted by Gasteiger charge is 2.44. The fourth-order valence-electron chi connectivity index (χ4n) is 3.24. The summed E-state index contributed by atoms with van der Waals surface area (Å²) in [5, 5.41) is 7.61. The Morgan fingerprint density at radius 3 is 2.79 bits per heavy atom. The zero-order valence-corrected chi connectivity index (χ0v) is 10.6. The van der Waals surface area contributed by atoms with E-state index in [1.165, 1.54) is 0 Å². The molecule has 1 amide bonds. The van der Waals surface area contributed by atoms with Gasteiger partial charge in [-0.1, -0.05) is 31.0 Å². The van der Waals surface area contributed by atoms with Crippen molar-refractivity contribution in [3.63, 3.8) is 0 Å². The second-order valence-electron chi connectivity index (χ2n) is 5.43. The number of carbonyl (C=O) groups excluding carboxylic acids is 1. The molecule has 19 heavy (non-hydrogen) atoms. The van der Waals surface area contributed by atoms with Gasteiger partial charge in [0.15, 0.2) is 0 Å². The third-order valence-corrected chi connectivity index (χ3v) is 4.28. The molecule has 0 unspecified atom stereocenters. The molecule has 1 spiro atoms. The lowest BCUT2D eigenvalue weighted by atomic mass is 9.92. The number of anilines is 2. The average molecular weight is 253 g/mol. The van der Waals surface area contributed by atoms with E-state index in [-0.39, 0.29) is 5.91 Å². The Bertz CT molecular complexity index is 674. The van der Waals surface area contributed by atoms with Crippen LogP contribution in [0, 0.1) is 0 Å². The lowest BCUT2D eigenvalue weighted by Crippen LogP contribution is -2.50. The monoisotopic (exact) mass is 253 g/mol. The summed E-state index contributed by atoms with van der Waals surface area (Å²) in [4.78, 5) is 16.7. The Kier molecular flexibility index (Phi) is 2.10. The topological polar surface area (TPSA) is 54.0 Å². The number of carbonyl (C=O) groups is 1. The molecule has 4 rings (SSSR count). The van der Waals surface area contributed by atoms with Crippen molar-refractivity contribution in [2.24, 2.45) is 0 Å². The van der Waals surface area contributed by atoms with E-state index in [4.69, 9.17) is 0 Å². The van der Waals surface area contributed by atoms with Gasteiger partial charge in [0.2, 0.25) is 5.91 Å². The Hall–Kier alpha value is -2.10. The first kappa shape index (κ1) is 10.8. The number of fused-ring (bicyclic) bond motifs is 3. The van der Waals surface area contributed by atoms with E-state index in [9.17, 15) is 4.79 Å². The molecule has 1 aromatic carbocycles. The molecule has 1 aliphatic carbocycles. The third kappa shape index (κ3) is 1.46. The first-order valence-corrected chi connectivity index (χ1v) is 6.76. The summed E-state index contributed by atoms with van der Waals surface area (Å²) in [6.45, 7) is 0. The summed E-state index contributed by atoms with van der Waals surface area (Å²) >= 11 is 0. The minimum atomic E-state index is -0.406. The van der Waals surface area contributed by atoms with E-state index in [0.29, 0.717) is 0 Å². The van der Waals surface area contributed by atoms with Gasteiger partial charge < -0.3 is 10.6 Å². The van der Waals surface area contributed by atoms with Crippen molar-refractivity contribution in [1.82, 2.24) is 4.98 Å². The first-order valence-electron chi connectivity index (χ1n) is 6.76. The van der Waals surface area contributed by atoms with Gasteiger partial charge in [0, 0.05) is 5.39 Å². The fraction of sp³-hybridized carbons (Fsp3) is 0.333. The number of pyridine rings is 1. The Balaban J connectivity index is 1.92. The van der Waals surface area contributed by atoms with Crippen LogP contribution in [0.5, 0.6) is 0 Å². The van der Waals surface area contributed by atoms with Crippen molar-refractivity contribution in [2.45, 2.75) is 31.2 Å². The number of benzene rings is 1. The number of rotatable bonds is 0. The Labute approximate surface area is 111 Å². The van der Waals surface area contributed by atoms with Crippen LogP contribution >= 0.6 is 0 Å². The number of nitrogens with zero attached hydrogens (tertiary/aromatic N) is 1. The maximum atomic E-state index is 12.3. The lowest BCUT2D eigenvalue weighted by molar-refractivity contribution is -0.120. The van der Waals surface area contributed by atoms with Crippen LogP contribution in [-0.4, -0.2) is 16.4 Å². The van der Waals surface area contributed by atoms with Crippen molar-refractivity contribution in [1.29, 1.82) is 0 Å². The normalized spacial score (nSPS) is 20.1. The summed E-state index contributed by atoms with van der Waals surface area (Å²) in [6.07, 6.45) is 5.78. The molecule has 0 saturated heterocycles. The number of amides is 1. The molecule has 1 aliphatic heterocycles. The van der Waals surface area contributed by atoms with Crippen LogP contribution in [0.1, 0.15) is 25.7 Å². The van der Waals surface area contributed by atoms with Crippen LogP contribution in [0.2, 0.25) is 0 Å². The van der Waals surface area contributed by atoms with Gasteiger partial charge in [-0.15, -0.1) is 0 Å². The maximum Gasteiger partial charge on any atom is 0.250 e. The van der Waals surface area contributed by atoms with Gasteiger partial charge in [0.25, 0.3) is 0 Å². The highest BCUT2D eigenvalue weighted by atomic mass is 16.2. The van der Waals surface area contributed by atoms with Crippen molar-refractivity contribution in [2.75, 3.05) is 10.6 Å². The number of hydrogen-bond acceptors (Lipinski definition) is 3. The molecule has 96 valence electrons. The molecule has 2 aromatic rings. The second-order valence-corrected chi connectivity index (χ2v) is 5.43. The van der Waals surface area contributed by atoms with E-state index in [1.807, 2.05) is 24.3 Å². The van der Waals surface area contributed by atoms with Crippen LogP contribution in [0.25, 0.3) is 10.9 Å². The van der Waals surface area contributed by atoms with E-state index in [0.717, 1.165) is 48.0 Å². The van der Waals surface area contributed by atoms with Crippen LogP contribution in [0.4, 0.5) is 11.4 Å². The zero-order chi connectivity index (χ0) is 12.9. The van der Waals surface area contributed by atoms with Crippen molar-refractivity contribution < 1.29 is 4.79 Å². The highest BCUT2D eigenvalue weighted by Crippen LogP contribution is 2.42. The molecular formula is C15H15N3O. The third-order valence-electron chi connectivity index (χ3n) is 4.28. The van der Waals surface area contributed by atoms with Gasteiger partial charge in [0.05, 0.1) is 23.1 Å². The number of para-hydroxylation sites is 1. The molecule has 0 bridgehead atoms. The smallest absolute Gasteiger partial charge is 0.250 e. The zero-order valence-electron chi connectivity index (χ0n) is 10.6. The predicted octanol–water partition coefficient (Wildman–Crippen LogP) is 2.91. The molecule has 2 heterocycles. The number of aromatic nitrogens is 1.